The number of carbonyl (C=O) groups is 1. The molecule has 1 aliphatic carbocycles. The predicted octanol–water partition coefficient (Wildman–Crippen LogP) is 4.59. The van der Waals surface area contributed by atoms with Crippen molar-refractivity contribution < 1.29 is 14.3 Å². The SMILES string of the molecule is COC(=O)COc1cccc(C=c2sc3n(c2=O)C(c2ccc(SC)cc2)C2=C(N=3)c3ccccc3CC2)c1. The van der Waals surface area contributed by atoms with E-state index in [1.54, 1.807) is 23.9 Å². The first-order chi connectivity index (χ1) is 19.1. The van der Waals surface area contributed by atoms with E-state index in [1.165, 1.54) is 34.5 Å². The van der Waals surface area contributed by atoms with Gasteiger partial charge in [-0.25, -0.2) is 9.79 Å². The van der Waals surface area contributed by atoms with Gasteiger partial charge < -0.3 is 9.47 Å². The molecular weight excluding hydrogens is 528 g/mol. The number of allylic oxidation sites excluding steroid dienone is 1. The van der Waals surface area contributed by atoms with Crippen LogP contribution in [0.4, 0.5) is 0 Å². The van der Waals surface area contributed by atoms with Gasteiger partial charge in [0.1, 0.15) is 5.75 Å². The zero-order chi connectivity index (χ0) is 26.9. The molecule has 196 valence electrons. The molecule has 0 fully saturated rings. The van der Waals surface area contributed by atoms with Crippen LogP contribution in [0.1, 0.15) is 34.7 Å². The number of aromatic nitrogens is 1. The van der Waals surface area contributed by atoms with Crippen LogP contribution in [0, 0.1) is 0 Å². The predicted molar refractivity (Wildman–Crippen MR) is 155 cm³/mol. The van der Waals surface area contributed by atoms with Gasteiger partial charge in [-0.3, -0.25) is 9.36 Å². The first kappa shape index (κ1) is 25.4. The van der Waals surface area contributed by atoms with E-state index in [1.807, 2.05) is 22.8 Å². The second-order valence-corrected chi connectivity index (χ2v) is 11.2. The maximum Gasteiger partial charge on any atom is 0.343 e. The summed E-state index contributed by atoms with van der Waals surface area (Å²) in [4.78, 5) is 32.4. The molecule has 6 nitrogen and oxygen atoms in total. The monoisotopic (exact) mass is 554 g/mol. The van der Waals surface area contributed by atoms with Crippen LogP contribution >= 0.6 is 23.1 Å². The van der Waals surface area contributed by atoms with Gasteiger partial charge in [-0.05, 0) is 71.7 Å². The van der Waals surface area contributed by atoms with Crippen molar-refractivity contribution in [2.24, 2.45) is 4.99 Å². The Morgan fingerprint density at radius 2 is 1.92 bits per heavy atom. The van der Waals surface area contributed by atoms with Gasteiger partial charge >= 0.3 is 5.97 Å². The number of ether oxygens (including phenoxy) is 2. The quantitative estimate of drug-likeness (QED) is 0.258. The Kier molecular flexibility index (Phi) is 6.97. The number of hydrogen-bond donors (Lipinski definition) is 0. The van der Waals surface area contributed by atoms with E-state index in [2.05, 4.69) is 59.5 Å². The molecule has 0 bridgehead atoms. The molecule has 0 radical (unpaired) electrons. The fraction of sp³-hybridized carbons (Fsp3) is 0.194. The van der Waals surface area contributed by atoms with E-state index in [0.717, 1.165) is 35.2 Å². The number of fused-ring (bicyclic) bond motifs is 3. The van der Waals surface area contributed by atoms with Crippen LogP contribution in [-0.4, -0.2) is 30.5 Å². The third-order valence-electron chi connectivity index (χ3n) is 7.04. The number of hydrogen-bond acceptors (Lipinski definition) is 7. The van der Waals surface area contributed by atoms with Gasteiger partial charge in [0.2, 0.25) is 0 Å². The third kappa shape index (κ3) is 4.86. The van der Waals surface area contributed by atoms with Gasteiger partial charge in [0.05, 0.1) is 23.4 Å². The first-order valence-electron chi connectivity index (χ1n) is 12.6. The molecule has 2 heterocycles. The van der Waals surface area contributed by atoms with Crippen LogP contribution in [0.2, 0.25) is 0 Å². The molecule has 8 heteroatoms. The summed E-state index contributed by atoms with van der Waals surface area (Å²) in [6, 6.07) is 24.0. The number of rotatable bonds is 6. The average Bonchev–Trinajstić information content (AvgIpc) is 3.29. The lowest BCUT2D eigenvalue weighted by Gasteiger charge is -2.30. The molecule has 0 saturated carbocycles. The van der Waals surface area contributed by atoms with E-state index in [9.17, 15) is 9.59 Å². The standard InChI is InChI=1S/C31H26N2O4S2/c1-36-27(34)18-37-22-8-5-6-19(16-22)17-26-30(35)33-29(21-10-13-23(38-2)14-11-21)25-15-12-20-7-3-4-9-24(20)28(25)32-31(33)39-26/h3-11,13-14,16-17,29H,12,15,18H2,1-2H3. The lowest BCUT2D eigenvalue weighted by atomic mass is 9.83. The van der Waals surface area contributed by atoms with Gasteiger partial charge in [0.15, 0.2) is 11.4 Å². The van der Waals surface area contributed by atoms with Crippen molar-refractivity contribution in [3.63, 3.8) is 0 Å². The van der Waals surface area contributed by atoms with Crippen LogP contribution < -0.4 is 19.6 Å². The highest BCUT2D eigenvalue weighted by atomic mass is 32.2. The molecule has 6 rings (SSSR count). The summed E-state index contributed by atoms with van der Waals surface area (Å²) in [7, 11) is 1.32. The Hall–Kier alpha value is -3.88. The molecule has 0 N–H and O–H groups in total. The molecule has 0 spiro atoms. The van der Waals surface area contributed by atoms with Crippen molar-refractivity contribution >= 4 is 40.8 Å². The zero-order valence-corrected chi connectivity index (χ0v) is 23.2. The summed E-state index contributed by atoms with van der Waals surface area (Å²) in [5, 5.41) is 0. The van der Waals surface area contributed by atoms with E-state index in [4.69, 9.17) is 9.73 Å². The fourth-order valence-corrected chi connectivity index (χ4v) is 6.56. The molecule has 2 aliphatic rings. The molecule has 0 amide bonds. The molecule has 1 atom stereocenters. The molecule has 3 aromatic carbocycles. The number of benzene rings is 3. The highest BCUT2D eigenvalue weighted by Crippen LogP contribution is 2.41. The first-order valence-corrected chi connectivity index (χ1v) is 14.7. The maximum absolute atomic E-state index is 13.9. The fourth-order valence-electron chi connectivity index (χ4n) is 5.16. The van der Waals surface area contributed by atoms with Gasteiger partial charge in [-0.2, -0.15) is 0 Å². The molecule has 39 heavy (non-hydrogen) atoms. The third-order valence-corrected chi connectivity index (χ3v) is 8.77. The Labute approximate surface area is 233 Å². The molecular formula is C31H26N2O4S2. The largest absolute Gasteiger partial charge is 0.482 e. The van der Waals surface area contributed by atoms with Crippen LogP contribution in [0.25, 0.3) is 11.8 Å². The number of aryl methyl sites for hydroxylation is 1. The second-order valence-electron chi connectivity index (χ2n) is 9.32. The maximum atomic E-state index is 13.9. The van der Waals surface area contributed by atoms with Crippen molar-refractivity contribution in [3.8, 4) is 5.75 Å². The van der Waals surface area contributed by atoms with Crippen molar-refractivity contribution in [1.82, 2.24) is 4.57 Å². The van der Waals surface area contributed by atoms with Crippen LogP contribution in [0.5, 0.6) is 5.75 Å². The summed E-state index contributed by atoms with van der Waals surface area (Å²) in [6.45, 7) is -0.176. The van der Waals surface area contributed by atoms with Crippen LogP contribution in [0.15, 0.2) is 93.1 Å². The Balaban J connectivity index is 1.49. The second kappa shape index (κ2) is 10.7. The van der Waals surface area contributed by atoms with Gasteiger partial charge in [0.25, 0.3) is 5.56 Å². The number of methoxy groups -OCH3 is 1. The highest BCUT2D eigenvalue weighted by molar-refractivity contribution is 7.98. The minimum Gasteiger partial charge on any atom is -0.482 e. The molecule has 1 aliphatic heterocycles. The molecule has 4 aromatic rings. The Bertz CT molecular complexity index is 1780. The number of carbonyl (C=O) groups excluding carboxylic acids is 1. The zero-order valence-electron chi connectivity index (χ0n) is 21.5. The minimum atomic E-state index is -0.454. The summed E-state index contributed by atoms with van der Waals surface area (Å²) in [5.41, 5.74) is 6.43. The normalized spacial score (nSPS) is 16.2. The smallest absolute Gasteiger partial charge is 0.343 e. The Morgan fingerprint density at radius 1 is 1.10 bits per heavy atom. The van der Waals surface area contributed by atoms with Crippen LogP contribution in [-0.2, 0) is 16.0 Å². The molecule has 1 unspecified atom stereocenters. The van der Waals surface area contributed by atoms with Crippen molar-refractivity contribution in [1.29, 1.82) is 0 Å². The summed E-state index contributed by atoms with van der Waals surface area (Å²) < 4.78 is 12.6. The van der Waals surface area contributed by atoms with Crippen molar-refractivity contribution in [2.75, 3.05) is 20.0 Å². The molecule has 1 aromatic heterocycles. The Morgan fingerprint density at radius 3 is 2.72 bits per heavy atom. The van der Waals surface area contributed by atoms with Crippen LogP contribution in [0.3, 0.4) is 0 Å². The van der Waals surface area contributed by atoms with E-state index in [-0.39, 0.29) is 18.2 Å². The van der Waals surface area contributed by atoms with Crippen molar-refractivity contribution in [3.05, 3.63) is 120 Å². The number of nitrogens with zero attached hydrogens (tertiary/aromatic N) is 2. The van der Waals surface area contributed by atoms with Crippen molar-refractivity contribution in [2.45, 2.75) is 23.8 Å². The summed E-state index contributed by atoms with van der Waals surface area (Å²) in [6.07, 6.45) is 5.70. The highest BCUT2D eigenvalue weighted by Gasteiger charge is 2.32. The topological polar surface area (TPSA) is 69.9 Å². The van der Waals surface area contributed by atoms with E-state index in [0.29, 0.717) is 15.1 Å². The van der Waals surface area contributed by atoms with E-state index >= 15 is 0 Å². The van der Waals surface area contributed by atoms with Gasteiger partial charge in [0, 0.05) is 10.5 Å². The minimum absolute atomic E-state index is 0.0658. The summed E-state index contributed by atoms with van der Waals surface area (Å²) >= 11 is 3.10. The number of esters is 1. The van der Waals surface area contributed by atoms with Gasteiger partial charge in [-0.15, -0.1) is 11.8 Å². The molecule has 0 saturated heterocycles. The van der Waals surface area contributed by atoms with E-state index < -0.39 is 5.97 Å². The summed E-state index contributed by atoms with van der Waals surface area (Å²) in [5.74, 6) is 0.0746. The lowest BCUT2D eigenvalue weighted by molar-refractivity contribution is -0.142. The number of thioether (sulfide) groups is 1. The number of thiazole rings is 1. The van der Waals surface area contributed by atoms with Gasteiger partial charge in [-0.1, -0.05) is 59.9 Å². The lowest BCUT2D eigenvalue weighted by Crippen LogP contribution is -2.38. The average molecular weight is 555 g/mol.